The number of aromatic nitrogens is 3. The van der Waals surface area contributed by atoms with Crippen LogP contribution in [-0.4, -0.2) is 50.7 Å². The predicted molar refractivity (Wildman–Crippen MR) is 183 cm³/mol. The van der Waals surface area contributed by atoms with Gasteiger partial charge in [0.25, 0.3) is 0 Å². The standard InChI is InChI=1S/C36H31F3N5O8PS.2Na/c1-23(54-29-18-49-34(50-19-29)5-3-2-4-26-8-6-25(16-41)13-32(26)38)36(20-44-22-42-21-43-44,31-11-9-28(37)14-33(31)39)52-35(45)30-10-7-24(15-40)12-27(30)17-51-53(46,47)48;;/h2-14,21-23,29,34H,17-20H2,1H3,(H2,46,47,48);;/q;2*+1/p-2/t23-,29?,34?,36-;;/m1../s1. The number of phosphoric ester groups is 1. The second-order valence-corrected chi connectivity index (χ2v) is 14.5. The Morgan fingerprint density at radius 3 is 2.38 bits per heavy atom. The second-order valence-electron chi connectivity index (χ2n) is 11.7. The fourth-order valence-electron chi connectivity index (χ4n) is 5.48. The molecular formula is C36H29F3N5Na2O8PS. The van der Waals surface area contributed by atoms with Crippen LogP contribution in [0.4, 0.5) is 13.2 Å². The number of halogens is 3. The molecule has 20 heteroatoms. The summed E-state index contributed by atoms with van der Waals surface area (Å²) in [6, 6.07) is 14.2. The van der Waals surface area contributed by atoms with Crippen LogP contribution in [0.1, 0.15) is 45.1 Å². The summed E-state index contributed by atoms with van der Waals surface area (Å²) in [6.07, 6.45) is 8.04. The zero-order chi connectivity index (χ0) is 38.9. The summed E-state index contributed by atoms with van der Waals surface area (Å²) in [5.74, 6) is -3.61. The molecule has 2 atom stereocenters. The number of carbonyl (C=O) groups excluding carboxylic acids is 1. The van der Waals surface area contributed by atoms with E-state index >= 15 is 4.39 Å². The van der Waals surface area contributed by atoms with Gasteiger partial charge in [-0.15, -0.1) is 11.8 Å². The molecule has 280 valence electrons. The molecule has 56 heavy (non-hydrogen) atoms. The van der Waals surface area contributed by atoms with Crippen molar-refractivity contribution < 1.29 is 110 Å². The molecule has 0 aliphatic carbocycles. The molecule has 2 heterocycles. The van der Waals surface area contributed by atoms with Crippen LogP contribution in [0.25, 0.3) is 6.08 Å². The molecule has 3 aromatic carbocycles. The Morgan fingerprint density at radius 1 is 1.05 bits per heavy atom. The van der Waals surface area contributed by atoms with Gasteiger partial charge in [-0.05, 0) is 61.0 Å². The number of ether oxygens (including phenoxy) is 3. The van der Waals surface area contributed by atoms with Gasteiger partial charge in [0.05, 0.1) is 68.3 Å². The molecule has 0 N–H and O–H groups in total. The molecule has 0 radical (unpaired) electrons. The zero-order valence-electron chi connectivity index (χ0n) is 30.2. The maximum absolute atomic E-state index is 15.8. The molecule has 1 aliphatic rings. The monoisotopic (exact) mass is 825 g/mol. The van der Waals surface area contributed by atoms with E-state index in [-0.39, 0.29) is 112 Å². The number of nitriles is 2. The first-order valence-corrected chi connectivity index (χ1v) is 18.3. The molecule has 4 aromatic rings. The Hall–Kier alpha value is -3.10. The first-order valence-electron chi connectivity index (χ1n) is 15.9. The minimum atomic E-state index is -5.51. The topological polar surface area (TPSA) is 195 Å². The van der Waals surface area contributed by atoms with Crippen LogP contribution in [0.2, 0.25) is 0 Å². The van der Waals surface area contributed by atoms with E-state index in [4.69, 9.17) is 19.5 Å². The Balaban J connectivity index is 0.00000420. The molecule has 0 spiro atoms. The first kappa shape index (κ1) is 47.3. The number of hydrogen-bond donors (Lipinski definition) is 0. The number of esters is 1. The molecule has 1 aliphatic heterocycles. The van der Waals surface area contributed by atoms with E-state index in [0.717, 1.165) is 24.3 Å². The molecular weight excluding hydrogens is 796 g/mol. The summed E-state index contributed by atoms with van der Waals surface area (Å²) >= 11 is 1.21. The first-order chi connectivity index (χ1) is 25.8. The van der Waals surface area contributed by atoms with Crippen LogP contribution in [0, 0.1) is 40.1 Å². The summed E-state index contributed by atoms with van der Waals surface area (Å²) < 4.78 is 79.1. The van der Waals surface area contributed by atoms with Crippen LogP contribution in [0.15, 0.2) is 85.5 Å². The Labute approximate surface area is 368 Å². The third kappa shape index (κ3) is 12.7. The maximum Gasteiger partial charge on any atom is 1.00 e. The van der Waals surface area contributed by atoms with E-state index in [1.165, 1.54) is 59.4 Å². The molecule has 5 rings (SSSR count). The minimum absolute atomic E-state index is 0. The Bertz CT molecular complexity index is 2180. The van der Waals surface area contributed by atoms with Gasteiger partial charge < -0.3 is 33.1 Å². The fourth-order valence-corrected chi connectivity index (χ4v) is 7.13. The third-order valence-electron chi connectivity index (χ3n) is 8.09. The average molecular weight is 826 g/mol. The Kier molecular flexibility index (Phi) is 18.2. The van der Waals surface area contributed by atoms with Gasteiger partial charge in [-0.2, -0.15) is 15.6 Å². The van der Waals surface area contributed by atoms with E-state index in [2.05, 4.69) is 14.6 Å². The van der Waals surface area contributed by atoms with Crippen molar-refractivity contribution in [1.82, 2.24) is 14.8 Å². The van der Waals surface area contributed by atoms with Crippen molar-refractivity contribution in [2.24, 2.45) is 0 Å². The summed E-state index contributed by atoms with van der Waals surface area (Å²) in [4.78, 5) is 40.5. The van der Waals surface area contributed by atoms with Gasteiger partial charge >= 0.3 is 65.1 Å². The fraction of sp³-hybridized carbons (Fsp3) is 0.250. The van der Waals surface area contributed by atoms with E-state index < -0.39 is 60.2 Å². The van der Waals surface area contributed by atoms with Crippen molar-refractivity contribution in [3.63, 3.8) is 0 Å². The number of thioether (sulfide) groups is 1. The number of phosphoric acid groups is 1. The molecule has 1 aromatic heterocycles. The molecule has 13 nitrogen and oxygen atoms in total. The van der Waals surface area contributed by atoms with Crippen LogP contribution >= 0.6 is 19.6 Å². The van der Waals surface area contributed by atoms with Gasteiger partial charge in [0.15, 0.2) is 11.9 Å². The normalized spacial score (nSPS) is 17.2. The van der Waals surface area contributed by atoms with Crippen molar-refractivity contribution >= 4 is 31.6 Å². The quantitative estimate of drug-likeness (QED) is 0.0630. The van der Waals surface area contributed by atoms with Crippen molar-refractivity contribution in [2.75, 3.05) is 13.2 Å². The number of allylic oxidation sites excluding steroid dienone is 2. The van der Waals surface area contributed by atoms with E-state index in [9.17, 15) is 33.2 Å². The number of nitrogens with zero attached hydrogens (tertiary/aromatic N) is 5. The molecule has 0 unspecified atom stereocenters. The van der Waals surface area contributed by atoms with Crippen molar-refractivity contribution in [1.29, 1.82) is 10.5 Å². The SMILES string of the molecule is C[C@@H](SC1COC(C=CC=Cc2ccc(C#N)cc2F)OC1)[C@@](Cn1cncn1)(OC(=O)c1ccc(C#N)cc1COP(=O)([O-])[O-])c1ccc(F)cc1F.[Na+].[Na+]. The average Bonchev–Trinajstić information content (AvgIpc) is 3.65. The van der Waals surface area contributed by atoms with Gasteiger partial charge in [0, 0.05) is 22.4 Å². The summed E-state index contributed by atoms with van der Waals surface area (Å²) in [5.41, 5.74) is -2.17. The molecule has 0 saturated carbocycles. The van der Waals surface area contributed by atoms with Gasteiger partial charge in [-0.25, -0.2) is 27.6 Å². The van der Waals surface area contributed by atoms with E-state index in [1.54, 1.807) is 25.2 Å². The third-order valence-corrected chi connectivity index (χ3v) is 9.98. The summed E-state index contributed by atoms with van der Waals surface area (Å²) in [6.45, 7) is 0.659. The van der Waals surface area contributed by atoms with Crippen LogP contribution < -0.4 is 68.9 Å². The van der Waals surface area contributed by atoms with Crippen molar-refractivity contribution in [3.8, 4) is 12.1 Å². The summed E-state index contributed by atoms with van der Waals surface area (Å²) in [5, 5.41) is 21.2. The predicted octanol–water partition coefficient (Wildman–Crippen LogP) is -1.32. The van der Waals surface area contributed by atoms with Crippen molar-refractivity contribution in [2.45, 2.75) is 42.5 Å². The number of rotatable bonds is 14. The number of carbonyl (C=O) groups is 1. The number of hydrogen-bond acceptors (Lipinski definition) is 13. The Morgan fingerprint density at radius 2 is 1.75 bits per heavy atom. The summed E-state index contributed by atoms with van der Waals surface area (Å²) in [7, 11) is -5.51. The maximum atomic E-state index is 15.8. The molecule has 1 fully saturated rings. The molecule has 0 amide bonds. The van der Waals surface area contributed by atoms with E-state index in [0.29, 0.717) is 6.07 Å². The number of benzene rings is 3. The zero-order valence-corrected chi connectivity index (χ0v) is 35.9. The van der Waals surface area contributed by atoms with Crippen molar-refractivity contribution in [3.05, 3.63) is 136 Å². The van der Waals surface area contributed by atoms with Gasteiger partial charge in [0.1, 0.15) is 30.1 Å². The largest absolute Gasteiger partial charge is 1.00 e. The second kappa shape index (κ2) is 21.6. The molecule has 1 saturated heterocycles. The smallest absolute Gasteiger partial charge is 0.790 e. The minimum Gasteiger partial charge on any atom is -0.790 e. The van der Waals surface area contributed by atoms with Crippen LogP contribution in [0.3, 0.4) is 0 Å². The van der Waals surface area contributed by atoms with Gasteiger partial charge in [0.2, 0.25) is 0 Å². The molecule has 0 bridgehead atoms. The van der Waals surface area contributed by atoms with Gasteiger partial charge in [-0.1, -0.05) is 24.3 Å². The van der Waals surface area contributed by atoms with E-state index in [1.807, 2.05) is 12.1 Å². The van der Waals surface area contributed by atoms with Crippen LogP contribution in [0.5, 0.6) is 0 Å². The van der Waals surface area contributed by atoms with Gasteiger partial charge in [-0.3, -0.25) is 0 Å². The van der Waals surface area contributed by atoms with Crippen LogP contribution in [-0.2, 0) is 42.1 Å².